The second-order valence-corrected chi connectivity index (χ2v) is 8.85. The topological polar surface area (TPSA) is 60.2 Å². The zero-order chi connectivity index (χ0) is 13.9. The fraction of sp³-hybridized carbons (Fsp3) is 0.143. The molecule has 0 amide bonds. The van der Waals surface area contributed by atoms with Crippen LogP contribution in [0.3, 0.4) is 0 Å². The van der Waals surface area contributed by atoms with Crippen LogP contribution in [0.2, 0.25) is 0 Å². The van der Waals surface area contributed by atoms with Crippen molar-refractivity contribution in [3.8, 4) is 0 Å². The molecule has 19 heavy (non-hydrogen) atoms. The molecule has 0 atom stereocenters. The van der Waals surface area contributed by atoms with Crippen LogP contribution in [0.25, 0.3) is 0 Å². The Balaban J connectivity index is 2.02. The van der Waals surface area contributed by atoms with Gasteiger partial charge in [-0.1, -0.05) is 0 Å². The molecule has 0 bridgehead atoms. The van der Waals surface area contributed by atoms with Gasteiger partial charge in [0.2, 0.25) is 0 Å². The summed E-state index contributed by atoms with van der Waals surface area (Å²) in [4.78, 5) is 0.173. The SMILES string of the molecule is Cc1ccc([Te]Cc2ccc(S(N)(=O)=O)cc2)cc1. The minimum absolute atomic E-state index is 0.173. The number of benzene rings is 2. The predicted octanol–water partition coefficient (Wildman–Crippen LogP) is 1.17. The third kappa shape index (κ3) is 4.32. The van der Waals surface area contributed by atoms with Crippen molar-refractivity contribution in [3.05, 3.63) is 59.7 Å². The number of hydrogen-bond donors (Lipinski definition) is 1. The van der Waals surface area contributed by atoms with Gasteiger partial charge in [0.1, 0.15) is 0 Å². The summed E-state index contributed by atoms with van der Waals surface area (Å²) in [5.41, 5.74) is 2.43. The average Bonchev–Trinajstić information content (AvgIpc) is 2.37. The van der Waals surface area contributed by atoms with Crippen LogP contribution < -0.4 is 8.75 Å². The first-order chi connectivity index (χ1) is 8.95. The molecule has 0 saturated carbocycles. The Hall–Kier alpha value is -0.860. The Morgan fingerprint density at radius 3 is 2.11 bits per heavy atom. The summed E-state index contributed by atoms with van der Waals surface area (Å²) in [5, 5.41) is 5.07. The second kappa shape index (κ2) is 6.06. The van der Waals surface area contributed by atoms with Gasteiger partial charge in [-0.15, -0.1) is 0 Å². The van der Waals surface area contributed by atoms with Crippen LogP contribution in [0.4, 0.5) is 0 Å². The van der Waals surface area contributed by atoms with Crippen molar-refractivity contribution in [1.82, 2.24) is 0 Å². The molecular weight excluding hydrogens is 374 g/mol. The summed E-state index contributed by atoms with van der Waals surface area (Å²) >= 11 is -0.270. The summed E-state index contributed by atoms with van der Waals surface area (Å²) in [6.45, 7) is 2.08. The van der Waals surface area contributed by atoms with Gasteiger partial charge in [-0.2, -0.15) is 0 Å². The molecule has 0 fully saturated rings. The summed E-state index contributed by atoms with van der Waals surface area (Å²) in [6.07, 6.45) is 0. The molecule has 0 aliphatic rings. The summed E-state index contributed by atoms with van der Waals surface area (Å²) < 4.78 is 24.7. The quantitative estimate of drug-likeness (QED) is 0.799. The van der Waals surface area contributed by atoms with E-state index in [0.29, 0.717) is 0 Å². The second-order valence-electron chi connectivity index (χ2n) is 4.29. The van der Waals surface area contributed by atoms with Crippen molar-refractivity contribution in [2.75, 3.05) is 0 Å². The van der Waals surface area contributed by atoms with Crippen LogP contribution in [-0.4, -0.2) is 29.3 Å². The Bertz CT molecular complexity index is 649. The fourth-order valence-electron chi connectivity index (χ4n) is 1.58. The van der Waals surface area contributed by atoms with Gasteiger partial charge in [0.05, 0.1) is 0 Å². The Morgan fingerprint density at radius 2 is 1.58 bits per heavy atom. The normalized spacial score (nSPS) is 11.5. The van der Waals surface area contributed by atoms with Crippen molar-refractivity contribution in [2.24, 2.45) is 5.14 Å². The molecule has 0 unspecified atom stereocenters. The first-order valence-electron chi connectivity index (χ1n) is 5.76. The van der Waals surface area contributed by atoms with Gasteiger partial charge in [0, 0.05) is 0 Å². The van der Waals surface area contributed by atoms with Gasteiger partial charge >= 0.3 is 124 Å². The Labute approximate surface area is 124 Å². The van der Waals surface area contributed by atoms with Crippen molar-refractivity contribution in [2.45, 2.75) is 16.3 Å². The molecule has 100 valence electrons. The van der Waals surface area contributed by atoms with Gasteiger partial charge < -0.3 is 0 Å². The molecule has 0 aromatic heterocycles. The average molecular weight is 389 g/mol. The van der Waals surface area contributed by atoms with Crippen LogP contribution in [0.1, 0.15) is 11.1 Å². The summed E-state index contributed by atoms with van der Waals surface area (Å²) in [7, 11) is -3.58. The number of rotatable bonds is 4. The zero-order valence-electron chi connectivity index (χ0n) is 10.5. The summed E-state index contributed by atoms with van der Waals surface area (Å²) in [5.74, 6) is 0. The molecule has 0 radical (unpaired) electrons. The third-order valence-corrected chi connectivity index (χ3v) is 6.70. The molecule has 0 spiro atoms. The molecule has 5 heteroatoms. The predicted molar refractivity (Wildman–Crippen MR) is 78.1 cm³/mol. The van der Waals surface area contributed by atoms with Crippen LogP contribution in [-0.2, 0) is 14.5 Å². The van der Waals surface area contributed by atoms with E-state index in [4.69, 9.17) is 5.14 Å². The van der Waals surface area contributed by atoms with E-state index in [-0.39, 0.29) is 25.8 Å². The van der Waals surface area contributed by atoms with Crippen molar-refractivity contribution < 1.29 is 8.42 Å². The molecule has 2 aromatic carbocycles. The monoisotopic (exact) mass is 391 g/mol. The van der Waals surface area contributed by atoms with E-state index in [0.717, 1.165) is 10.0 Å². The number of aryl methyl sites for hydroxylation is 1. The molecular formula is C14H15NO2STe. The number of nitrogens with two attached hydrogens (primary N) is 1. The molecule has 0 heterocycles. The molecule has 3 nitrogen and oxygen atoms in total. The molecule has 2 aromatic rings. The Morgan fingerprint density at radius 1 is 1.00 bits per heavy atom. The van der Waals surface area contributed by atoms with E-state index in [1.54, 1.807) is 12.1 Å². The molecule has 0 aliphatic heterocycles. The Kier molecular flexibility index (Phi) is 4.64. The number of primary sulfonamides is 1. The van der Waals surface area contributed by atoms with E-state index < -0.39 is 10.0 Å². The van der Waals surface area contributed by atoms with E-state index in [1.807, 2.05) is 12.1 Å². The van der Waals surface area contributed by atoms with E-state index in [9.17, 15) is 8.42 Å². The molecule has 0 saturated heterocycles. The van der Waals surface area contributed by atoms with E-state index in [2.05, 4.69) is 31.2 Å². The van der Waals surface area contributed by atoms with Crippen molar-refractivity contribution in [3.63, 3.8) is 0 Å². The van der Waals surface area contributed by atoms with E-state index >= 15 is 0 Å². The number of sulfonamides is 1. The minimum atomic E-state index is -3.58. The first kappa shape index (κ1) is 14.5. The fourth-order valence-corrected chi connectivity index (χ4v) is 4.53. The number of hydrogen-bond acceptors (Lipinski definition) is 2. The van der Waals surface area contributed by atoms with Crippen LogP contribution in [0.15, 0.2) is 53.4 Å². The summed E-state index contributed by atoms with van der Waals surface area (Å²) in [6, 6.07) is 15.5. The standard InChI is InChI=1S/C14H15NO2STe/c1-11-2-8-14(9-3-11)19-10-12-4-6-13(7-5-12)18(15,16)17/h2-9H,10H2,1H3,(H2,15,16,17). The van der Waals surface area contributed by atoms with Crippen LogP contribution >= 0.6 is 0 Å². The van der Waals surface area contributed by atoms with Gasteiger partial charge in [-0.3, -0.25) is 0 Å². The van der Waals surface area contributed by atoms with Gasteiger partial charge in [-0.05, 0) is 0 Å². The van der Waals surface area contributed by atoms with Gasteiger partial charge in [0.25, 0.3) is 0 Å². The third-order valence-electron chi connectivity index (χ3n) is 2.68. The maximum atomic E-state index is 11.1. The van der Waals surface area contributed by atoms with Gasteiger partial charge in [-0.25, -0.2) is 0 Å². The molecule has 2 N–H and O–H groups in total. The molecule has 0 aliphatic carbocycles. The van der Waals surface area contributed by atoms with Gasteiger partial charge in [0.15, 0.2) is 0 Å². The van der Waals surface area contributed by atoms with Crippen LogP contribution in [0, 0.1) is 6.92 Å². The molecule has 2 rings (SSSR count). The maximum absolute atomic E-state index is 11.1. The van der Waals surface area contributed by atoms with Crippen molar-refractivity contribution in [1.29, 1.82) is 0 Å². The zero-order valence-corrected chi connectivity index (χ0v) is 13.7. The van der Waals surface area contributed by atoms with Crippen LogP contribution in [0.5, 0.6) is 0 Å². The van der Waals surface area contributed by atoms with Crippen molar-refractivity contribution >= 4 is 34.6 Å². The first-order valence-corrected chi connectivity index (χ1v) is 10.1. The van der Waals surface area contributed by atoms with E-state index in [1.165, 1.54) is 9.17 Å².